The molecular formula is C49H32BrN. The normalized spacial score (nSPS) is 13.0. The van der Waals surface area contributed by atoms with Crippen molar-refractivity contribution < 1.29 is 0 Å². The van der Waals surface area contributed by atoms with E-state index in [-0.39, 0.29) is 0 Å². The topological polar surface area (TPSA) is 4.93 Å². The highest BCUT2D eigenvalue weighted by atomic mass is 79.9. The van der Waals surface area contributed by atoms with Crippen LogP contribution in [0.5, 0.6) is 0 Å². The minimum absolute atomic E-state index is 0.416. The summed E-state index contributed by atoms with van der Waals surface area (Å²) in [7, 11) is 0. The van der Waals surface area contributed by atoms with Gasteiger partial charge in [0.2, 0.25) is 0 Å². The molecule has 0 unspecified atom stereocenters. The number of aromatic nitrogens is 1. The first-order valence-corrected chi connectivity index (χ1v) is 18.2. The molecule has 0 atom stereocenters. The molecule has 10 rings (SSSR count). The number of benzene rings is 8. The van der Waals surface area contributed by atoms with Crippen LogP contribution in [0, 0.1) is 0 Å². The van der Waals surface area contributed by atoms with Gasteiger partial charge in [-0.25, -0.2) is 0 Å². The molecule has 0 spiro atoms. The Morgan fingerprint density at radius 2 is 0.961 bits per heavy atom. The van der Waals surface area contributed by atoms with E-state index in [0.717, 1.165) is 10.2 Å². The van der Waals surface area contributed by atoms with Crippen molar-refractivity contribution in [1.82, 2.24) is 4.57 Å². The van der Waals surface area contributed by atoms with E-state index in [9.17, 15) is 0 Å². The molecule has 0 saturated carbocycles. The second-order valence-electron chi connectivity index (χ2n) is 13.4. The summed E-state index contributed by atoms with van der Waals surface area (Å²) in [4.78, 5) is 0. The zero-order valence-corrected chi connectivity index (χ0v) is 29.4. The maximum atomic E-state index is 3.65. The fourth-order valence-corrected chi connectivity index (χ4v) is 8.95. The molecule has 0 radical (unpaired) electrons. The molecule has 1 nitrogen and oxygen atoms in total. The minimum atomic E-state index is -0.416. The average Bonchev–Trinajstić information content (AvgIpc) is 3.69. The van der Waals surface area contributed by atoms with Crippen LogP contribution in [0.1, 0.15) is 22.3 Å². The van der Waals surface area contributed by atoms with Crippen LogP contribution in [0.25, 0.3) is 60.9 Å². The van der Waals surface area contributed by atoms with Crippen molar-refractivity contribution in [2.45, 2.75) is 5.41 Å². The molecule has 0 fully saturated rings. The van der Waals surface area contributed by atoms with Gasteiger partial charge in [-0.05, 0) is 98.1 Å². The number of nitrogens with zero attached hydrogens (tertiary/aromatic N) is 1. The predicted molar refractivity (Wildman–Crippen MR) is 217 cm³/mol. The Morgan fingerprint density at radius 1 is 0.373 bits per heavy atom. The van der Waals surface area contributed by atoms with Crippen LogP contribution in [0.2, 0.25) is 0 Å². The lowest BCUT2D eigenvalue weighted by Crippen LogP contribution is -2.28. The molecule has 0 N–H and O–H groups in total. The highest BCUT2D eigenvalue weighted by Gasteiger charge is 2.46. The zero-order chi connectivity index (χ0) is 33.9. The van der Waals surface area contributed by atoms with Crippen LogP contribution in [0.4, 0.5) is 0 Å². The quantitative estimate of drug-likeness (QED) is 0.167. The molecule has 1 aromatic heterocycles. The molecule has 0 saturated heterocycles. The Morgan fingerprint density at radius 3 is 1.71 bits per heavy atom. The summed E-state index contributed by atoms with van der Waals surface area (Å²) in [6, 6.07) is 71.3. The molecule has 240 valence electrons. The Labute approximate surface area is 306 Å². The first-order valence-electron chi connectivity index (χ1n) is 17.5. The molecule has 1 heterocycles. The zero-order valence-electron chi connectivity index (χ0n) is 27.8. The Bertz CT molecular complexity index is 2720. The first kappa shape index (κ1) is 29.9. The van der Waals surface area contributed by atoms with Crippen LogP contribution in [-0.4, -0.2) is 4.57 Å². The predicted octanol–water partition coefficient (Wildman–Crippen LogP) is 13.2. The van der Waals surface area contributed by atoms with E-state index in [1.54, 1.807) is 0 Å². The second kappa shape index (κ2) is 11.8. The van der Waals surface area contributed by atoms with Crippen LogP contribution in [0.3, 0.4) is 0 Å². The first-order chi connectivity index (χ1) is 25.2. The van der Waals surface area contributed by atoms with E-state index in [4.69, 9.17) is 0 Å². The minimum Gasteiger partial charge on any atom is -0.309 e. The van der Waals surface area contributed by atoms with Crippen molar-refractivity contribution in [2.24, 2.45) is 0 Å². The van der Waals surface area contributed by atoms with E-state index in [1.165, 1.54) is 77.4 Å². The molecule has 8 aromatic carbocycles. The number of halogens is 1. The van der Waals surface area contributed by atoms with Crippen molar-refractivity contribution in [2.75, 3.05) is 0 Å². The summed E-state index contributed by atoms with van der Waals surface area (Å²) in [6.07, 6.45) is 0. The van der Waals surface area contributed by atoms with Gasteiger partial charge in [-0.2, -0.15) is 0 Å². The molecule has 0 amide bonds. The highest BCUT2D eigenvalue weighted by molar-refractivity contribution is 9.10. The average molecular weight is 715 g/mol. The summed E-state index contributed by atoms with van der Waals surface area (Å²) in [5.41, 5.74) is 15.7. The third-order valence-corrected chi connectivity index (χ3v) is 11.2. The van der Waals surface area contributed by atoms with Crippen molar-refractivity contribution in [3.63, 3.8) is 0 Å². The van der Waals surface area contributed by atoms with Crippen molar-refractivity contribution in [3.8, 4) is 39.1 Å². The molecule has 0 bridgehead atoms. The van der Waals surface area contributed by atoms with E-state index in [0.29, 0.717) is 0 Å². The van der Waals surface area contributed by atoms with E-state index < -0.39 is 5.41 Å². The van der Waals surface area contributed by atoms with Gasteiger partial charge in [0, 0.05) is 20.9 Å². The number of fused-ring (bicyclic) bond motifs is 6. The highest BCUT2D eigenvalue weighted by Crippen LogP contribution is 2.56. The number of para-hydroxylation sites is 1. The van der Waals surface area contributed by atoms with E-state index in [1.807, 2.05) is 0 Å². The van der Waals surface area contributed by atoms with E-state index in [2.05, 4.69) is 215 Å². The summed E-state index contributed by atoms with van der Waals surface area (Å²) in [5, 5.41) is 2.51. The molecule has 1 aliphatic rings. The number of hydrogen-bond donors (Lipinski definition) is 0. The van der Waals surface area contributed by atoms with Gasteiger partial charge in [-0.1, -0.05) is 168 Å². The molecule has 51 heavy (non-hydrogen) atoms. The van der Waals surface area contributed by atoms with Crippen LogP contribution in [-0.2, 0) is 5.41 Å². The van der Waals surface area contributed by atoms with Crippen LogP contribution in [0.15, 0.2) is 199 Å². The number of rotatable bonds is 5. The fourth-order valence-electron chi connectivity index (χ4n) is 8.55. The lowest BCUT2D eigenvalue weighted by atomic mass is 9.68. The van der Waals surface area contributed by atoms with Crippen molar-refractivity contribution in [1.29, 1.82) is 0 Å². The summed E-state index contributed by atoms with van der Waals surface area (Å²) in [5.74, 6) is 0. The Balaban J connectivity index is 1.20. The fraction of sp³-hybridized carbons (Fsp3) is 0.0204. The van der Waals surface area contributed by atoms with Crippen LogP contribution < -0.4 is 0 Å². The lowest BCUT2D eigenvalue weighted by Gasteiger charge is -2.33. The monoisotopic (exact) mass is 713 g/mol. The maximum absolute atomic E-state index is 3.65. The molecule has 2 heteroatoms. The molecule has 0 aliphatic heterocycles. The summed E-state index contributed by atoms with van der Waals surface area (Å²) in [6.45, 7) is 0. The van der Waals surface area contributed by atoms with Gasteiger partial charge in [0.25, 0.3) is 0 Å². The number of hydrogen-bond acceptors (Lipinski definition) is 0. The summed E-state index contributed by atoms with van der Waals surface area (Å²) < 4.78 is 3.54. The largest absolute Gasteiger partial charge is 0.309 e. The van der Waals surface area contributed by atoms with Gasteiger partial charge in [0.15, 0.2) is 0 Å². The standard InChI is InChI=1S/C49H32BrN/c50-39-20-12-15-35(30-39)33-13-11-14-34(29-33)36-25-27-43-42-22-8-10-24-47(42)51(48(43)31-36)40-26-28-46-44(32-40)41-21-7-9-23-45(41)49(46,37-16-3-1-4-17-37)38-18-5-2-6-19-38/h1-32H. The van der Waals surface area contributed by atoms with Gasteiger partial charge in [0.05, 0.1) is 16.4 Å². The molecule has 9 aromatic rings. The summed E-state index contributed by atoms with van der Waals surface area (Å²) >= 11 is 3.65. The second-order valence-corrected chi connectivity index (χ2v) is 14.3. The molecule has 1 aliphatic carbocycles. The van der Waals surface area contributed by atoms with Gasteiger partial charge >= 0.3 is 0 Å². The van der Waals surface area contributed by atoms with Gasteiger partial charge in [-0.3, -0.25) is 0 Å². The third-order valence-electron chi connectivity index (χ3n) is 10.7. The van der Waals surface area contributed by atoms with Crippen LogP contribution >= 0.6 is 15.9 Å². The van der Waals surface area contributed by atoms with Crippen molar-refractivity contribution in [3.05, 3.63) is 221 Å². The Hall–Kier alpha value is -5.96. The third kappa shape index (κ3) is 4.60. The lowest BCUT2D eigenvalue weighted by molar-refractivity contribution is 0.768. The smallest absolute Gasteiger partial charge is 0.0713 e. The maximum Gasteiger partial charge on any atom is 0.0713 e. The van der Waals surface area contributed by atoms with Gasteiger partial charge in [0.1, 0.15) is 0 Å². The van der Waals surface area contributed by atoms with E-state index >= 15 is 0 Å². The Kier molecular flexibility index (Phi) is 6.94. The van der Waals surface area contributed by atoms with Gasteiger partial charge < -0.3 is 4.57 Å². The molecular weight excluding hydrogens is 682 g/mol. The van der Waals surface area contributed by atoms with Gasteiger partial charge in [-0.15, -0.1) is 0 Å². The van der Waals surface area contributed by atoms with Crippen molar-refractivity contribution >= 4 is 37.7 Å². The SMILES string of the molecule is Brc1cccc(-c2cccc(-c3ccc4c5ccccc5n(-c5ccc6c(c5)-c5ccccc5C6(c5ccccc5)c5ccccc5)c4c3)c2)c1.